The van der Waals surface area contributed by atoms with E-state index < -0.39 is 0 Å². The average Bonchev–Trinajstić information content (AvgIpc) is 2.68. The van der Waals surface area contributed by atoms with E-state index in [2.05, 4.69) is 22.1 Å². The summed E-state index contributed by atoms with van der Waals surface area (Å²) < 4.78 is 0. The summed E-state index contributed by atoms with van der Waals surface area (Å²) in [7, 11) is 0. The number of amides is 1. The summed E-state index contributed by atoms with van der Waals surface area (Å²) in [6.07, 6.45) is 2.47. The summed E-state index contributed by atoms with van der Waals surface area (Å²) >= 11 is 0. The number of azo groups is 1. The Morgan fingerprint density at radius 3 is 1.75 bits per heavy atom. The summed E-state index contributed by atoms with van der Waals surface area (Å²) in [4.78, 5) is 23.5. The van der Waals surface area contributed by atoms with Crippen molar-refractivity contribution in [2.75, 3.05) is 0 Å². The third-order valence-corrected chi connectivity index (χ3v) is 3.79. The van der Waals surface area contributed by atoms with E-state index in [-0.39, 0.29) is 17.2 Å². The van der Waals surface area contributed by atoms with Crippen LogP contribution in [0.25, 0.3) is 0 Å². The molecule has 0 saturated heterocycles. The molecule has 1 N–H and O–H groups in total. The second-order valence-electron chi connectivity index (χ2n) is 6.68. The van der Waals surface area contributed by atoms with E-state index in [1.807, 2.05) is 27.7 Å². The van der Waals surface area contributed by atoms with Crippen LogP contribution >= 0.6 is 0 Å². The molecule has 2 aromatic carbocycles. The number of hydrogen-bond acceptors (Lipinski definition) is 4. The van der Waals surface area contributed by atoms with E-state index in [0.717, 1.165) is 0 Å². The highest BCUT2D eigenvalue weighted by atomic mass is 16.1. The topological polar surface area (TPSA) is 70.9 Å². The number of benzene rings is 2. The van der Waals surface area contributed by atoms with Crippen molar-refractivity contribution in [3.05, 3.63) is 72.3 Å². The normalized spacial score (nSPS) is 10.8. The molecule has 0 aliphatic rings. The van der Waals surface area contributed by atoms with E-state index in [1.54, 1.807) is 54.6 Å². The van der Waals surface area contributed by atoms with Crippen LogP contribution in [-0.2, 0) is 0 Å². The Balaban J connectivity index is 0.00000190. The fourth-order valence-corrected chi connectivity index (χ4v) is 2.35. The monoisotopic (exact) mass is 379 g/mol. The van der Waals surface area contributed by atoms with Gasteiger partial charge in [-0.1, -0.05) is 19.9 Å². The number of carbonyl (C=O) groups is 2. The van der Waals surface area contributed by atoms with Crippen molar-refractivity contribution in [2.24, 2.45) is 10.2 Å². The van der Waals surface area contributed by atoms with Crippen LogP contribution in [0.2, 0.25) is 0 Å². The van der Waals surface area contributed by atoms with Gasteiger partial charge in [-0.15, -0.1) is 6.58 Å². The number of nitrogens with zero attached hydrogens (tertiary/aromatic N) is 2. The van der Waals surface area contributed by atoms with Gasteiger partial charge in [-0.2, -0.15) is 10.2 Å². The zero-order chi connectivity index (χ0) is 21.2. The minimum atomic E-state index is -0.344. The molecule has 5 heteroatoms. The highest BCUT2D eigenvalue weighted by Gasteiger charge is 2.19. The van der Waals surface area contributed by atoms with Gasteiger partial charge < -0.3 is 5.32 Å². The third kappa shape index (κ3) is 7.27. The average molecular weight is 380 g/mol. The fraction of sp³-hybridized carbons (Fsp3) is 0.304. The SMILES string of the molecule is C=CCC(C)(C)NC(=O)c1ccc(N=Nc2ccc(C(C)=O)cc2)cc1.CC. The van der Waals surface area contributed by atoms with Crippen molar-refractivity contribution in [3.63, 3.8) is 0 Å². The molecule has 0 spiro atoms. The quantitative estimate of drug-likeness (QED) is 0.343. The van der Waals surface area contributed by atoms with Crippen LogP contribution < -0.4 is 5.32 Å². The first-order valence-electron chi connectivity index (χ1n) is 9.37. The zero-order valence-corrected chi connectivity index (χ0v) is 17.3. The molecule has 0 aliphatic carbocycles. The maximum Gasteiger partial charge on any atom is 0.251 e. The molecule has 0 saturated carbocycles. The largest absolute Gasteiger partial charge is 0.347 e. The molecular weight excluding hydrogens is 350 g/mol. The van der Waals surface area contributed by atoms with E-state index >= 15 is 0 Å². The molecule has 0 radical (unpaired) electrons. The second kappa shape index (κ2) is 10.9. The first-order valence-corrected chi connectivity index (χ1v) is 9.37. The molecule has 2 aromatic rings. The van der Waals surface area contributed by atoms with Gasteiger partial charge in [-0.25, -0.2) is 0 Å². The van der Waals surface area contributed by atoms with Crippen molar-refractivity contribution in [3.8, 4) is 0 Å². The molecular formula is C23H29N3O2. The molecule has 1 amide bonds. The summed E-state index contributed by atoms with van der Waals surface area (Å²) in [5, 5.41) is 11.3. The summed E-state index contributed by atoms with van der Waals surface area (Å²) in [5.74, 6) is -0.126. The van der Waals surface area contributed by atoms with Gasteiger partial charge in [0.05, 0.1) is 11.4 Å². The van der Waals surface area contributed by atoms with Crippen LogP contribution in [0.1, 0.15) is 61.8 Å². The predicted molar refractivity (Wildman–Crippen MR) is 115 cm³/mol. The van der Waals surface area contributed by atoms with Crippen LogP contribution in [0, 0.1) is 0 Å². The second-order valence-corrected chi connectivity index (χ2v) is 6.68. The van der Waals surface area contributed by atoms with Crippen LogP contribution in [0.3, 0.4) is 0 Å². The Hall–Kier alpha value is -3.08. The van der Waals surface area contributed by atoms with E-state index in [0.29, 0.717) is 28.9 Å². The Bertz CT molecular complexity index is 820. The van der Waals surface area contributed by atoms with Gasteiger partial charge in [-0.05, 0) is 75.7 Å². The maximum atomic E-state index is 12.3. The molecule has 0 atom stereocenters. The summed E-state index contributed by atoms with van der Waals surface area (Å²) in [5.41, 5.74) is 2.15. The van der Waals surface area contributed by atoms with Gasteiger partial charge in [-0.3, -0.25) is 9.59 Å². The molecule has 148 valence electrons. The summed E-state index contributed by atoms with van der Waals surface area (Å²) in [6.45, 7) is 13.1. The molecule has 0 bridgehead atoms. The smallest absolute Gasteiger partial charge is 0.251 e. The standard InChI is InChI=1S/C21H23N3O2.C2H6/c1-5-14-21(3,4)22-20(26)17-8-12-19(13-9-17)24-23-18-10-6-16(7-11-18)15(2)25;1-2/h5-13H,1,14H2,2-4H3,(H,22,26);1-2H3. The third-order valence-electron chi connectivity index (χ3n) is 3.79. The molecule has 0 fully saturated rings. The van der Waals surface area contributed by atoms with Gasteiger partial charge in [0, 0.05) is 16.7 Å². The van der Waals surface area contributed by atoms with Gasteiger partial charge in [0.2, 0.25) is 0 Å². The Morgan fingerprint density at radius 1 is 0.929 bits per heavy atom. The number of Topliss-reactive ketones (excluding diaryl/α,β-unsaturated/α-hetero) is 1. The Labute approximate surface area is 167 Å². The van der Waals surface area contributed by atoms with Crippen molar-refractivity contribution in [1.82, 2.24) is 5.32 Å². The number of rotatable bonds is 7. The number of hydrogen-bond donors (Lipinski definition) is 1. The van der Waals surface area contributed by atoms with Crippen LogP contribution in [0.5, 0.6) is 0 Å². The lowest BCUT2D eigenvalue weighted by Crippen LogP contribution is -2.42. The van der Waals surface area contributed by atoms with E-state index in [1.165, 1.54) is 6.92 Å². The van der Waals surface area contributed by atoms with Crippen molar-refractivity contribution in [2.45, 2.75) is 46.6 Å². The molecule has 0 aromatic heterocycles. The minimum absolute atomic E-state index is 0.0126. The first kappa shape index (κ1) is 23.0. The highest BCUT2D eigenvalue weighted by molar-refractivity contribution is 5.95. The van der Waals surface area contributed by atoms with E-state index in [9.17, 15) is 9.59 Å². The molecule has 0 heterocycles. The Kier molecular flexibility index (Phi) is 8.96. The fourth-order valence-electron chi connectivity index (χ4n) is 2.35. The lowest BCUT2D eigenvalue weighted by molar-refractivity contribution is 0.0913. The minimum Gasteiger partial charge on any atom is -0.347 e. The van der Waals surface area contributed by atoms with Gasteiger partial charge >= 0.3 is 0 Å². The van der Waals surface area contributed by atoms with Crippen molar-refractivity contribution in [1.29, 1.82) is 0 Å². The lowest BCUT2D eigenvalue weighted by Gasteiger charge is -2.24. The Morgan fingerprint density at radius 2 is 1.36 bits per heavy atom. The molecule has 2 rings (SSSR count). The van der Waals surface area contributed by atoms with Crippen LogP contribution in [0.15, 0.2) is 71.4 Å². The molecule has 5 nitrogen and oxygen atoms in total. The maximum absolute atomic E-state index is 12.3. The highest BCUT2D eigenvalue weighted by Crippen LogP contribution is 2.20. The molecule has 0 unspecified atom stereocenters. The first-order chi connectivity index (χ1) is 13.3. The van der Waals surface area contributed by atoms with Gasteiger partial charge in [0.15, 0.2) is 5.78 Å². The van der Waals surface area contributed by atoms with Crippen LogP contribution in [0.4, 0.5) is 11.4 Å². The van der Waals surface area contributed by atoms with Gasteiger partial charge in [0.1, 0.15) is 0 Å². The van der Waals surface area contributed by atoms with Gasteiger partial charge in [0.25, 0.3) is 5.91 Å². The number of nitrogens with one attached hydrogen (secondary N) is 1. The molecule has 0 aliphatic heterocycles. The van der Waals surface area contributed by atoms with Crippen molar-refractivity contribution >= 4 is 23.1 Å². The van der Waals surface area contributed by atoms with E-state index in [4.69, 9.17) is 0 Å². The number of ketones is 1. The summed E-state index contributed by atoms with van der Waals surface area (Å²) in [6, 6.07) is 13.8. The lowest BCUT2D eigenvalue weighted by atomic mass is 10.00. The predicted octanol–water partition coefficient (Wildman–Crippen LogP) is 6.42. The molecule has 28 heavy (non-hydrogen) atoms. The van der Waals surface area contributed by atoms with Crippen LogP contribution in [-0.4, -0.2) is 17.2 Å². The van der Waals surface area contributed by atoms with Crippen molar-refractivity contribution < 1.29 is 9.59 Å². The number of carbonyl (C=O) groups excluding carboxylic acids is 2. The zero-order valence-electron chi connectivity index (χ0n) is 17.3.